The van der Waals surface area contributed by atoms with E-state index in [0.717, 1.165) is 56.1 Å². The van der Waals surface area contributed by atoms with Crippen LogP contribution in [0.15, 0.2) is 72.8 Å². The molecule has 0 radical (unpaired) electrons. The Labute approximate surface area is 217 Å². The molecular formula is C29H32N4O4. The summed E-state index contributed by atoms with van der Waals surface area (Å²) in [6, 6.07) is 23.0. The van der Waals surface area contributed by atoms with Gasteiger partial charge in [-0.25, -0.2) is 0 Å². The van der Waals surface area contributed by atoms with E-state index in [1.807, 2.05) is 48.5 Å². The lowest BCUT2D eigenvalue weighted by Crippen LogP contribution is -2.47. The number of piperazine rings is 1. The van der Waals surface area contributed by atoms with Crippen molar-refractivity contribution in [3.05, 3.63) is 78.4 Å². The summed E-state index contributed by atoms with van der Waals surface area (Å²) in [4.78, 5) is 30.2. The van der Waals surface area contributed by atoms with E-state index in [0.29, 0.717) is 17.0 Å². The van der Waals surface area contributed by atoms with Crippen LogP contribution >= 0.6 is 0 Å². The van der Waals surface area contributed by atoms with Crippen LogP contribution in [0.3, 0.4) is 0 Å². The van der Waals surface area contributed by atoms with Crippen molar-refractivity contribution in [3.8, 4) is 11.5 Å². The maximum Gasteiger partial charge on any atom is 0.262 e. The minimum Gasteiger partial charge on any atom is -0.495 e. The van der Waals surface area contributed by atoms with E-state index in [-0.39, 0.29) is 24.5 Å². The number of benzene rings is 3. The largest absolute Gasteiger partial charge is 0.495 e. The highest BCUT2D eigenvalue weighted by molar-refractivity contribution is 6.02. The van der Waals surface area contributed by atoms with Crippen molar-refractivity contribution < 1.29 is 19.1 Å². The fourth-order valence-electron chi connectivity index (χ4n) is 4.50. The van der Waals surface area contributed by atoms with Crippen molar-refractivity contribution in [2.24, 2.45) is 0 Å². The van der Waals surface area contributed by atoms with Gasteiger partial charge in [-0.15, -0.1) is 0 Å². The van der Waals surface area contributed by atoms with Gasteiger partial charge in [-0.05, 0) is 55.3 Å². The topological polar surface area (TPSA) is 83.1 Å². The van der Waals surface area contributed by atoms with Crippen LogP contribution in [0.2, 0.25) is 0 Å². The molecule has 2 N–H and O–H groups in total. The first kappa shape index (κ1) is 24.5. The molecule has 8 nitrogen and oxygen atoms in total. The SMILES string of the molecule is COc1ccccc1N1CCN(c2ccc(NC(=O)COc3ccccc3)cc2C(=O)NC2CC2)CC1. The Morgan fingerprint density at radius 1 is 0.865 bits per heavy atom. The standard InChI is InChI=1S/C29H32N4O4/c1-36-27-10-6-5-9-26(27)33-17-15-32(16-18-33)25-14-13-22(19-24(25)29(35)31-21-11-12-21)30-28(34)20-37-23-7-3-2-4-8-23/h2-10,13-14,19,21H,11-12,15-18,20H2,1H3,(H,30,34)(H,31,35). The van der Waals surface area contributed by atoms with Gasteiger partial charge < -0.3 is 29.9 Å². The summed E-state index contributed by atoms with van der Waals surface area (Å²) < 4.78 is 11.1. The average Bonchev–Trinajstić information content (AvgIpc) is 3.76. The Bertz CT molecular complexity index is 1240. The molecule has 1 aliphatic carbocycles. The molecule has 1 heterocycles. The van der Waals surface area contributed by atoms with Crippen LogP contribution in [-0.4, -0.2) is 57.8 Å². The van der Waals surface area contributed by atoms with Crippen molar-refractivity contribution in [2.45, 2.75) is 18.9 Å². The highest BCUT2D eigenvalue weighted by Crippen LogP contribution is 2.31. The number of carbonyl (C=O) groups excluding carboxylic acids is 2. The van der Waals surface area contributed by atoms with Crippen LogP contribution in [0.25, 0.3) is 0 Å². The maximum absolute atomic E-state index is 13.2. The van der Waals surface area contributed by atoms with Crippen LogP contribution in [0.5, 0.6) is 11.5 Å². The number of hydrogen-bond acceptors (Lipinski definition) is 6. The lowest BCUT2D eigenvalue weighted by molar-refractivity contribution is -0.118. The van der Waals surface area contributed by atoms with Gasteiger partial charge in [-0.1, -0.05) is 30.3 Å². The Kier molecular flexibility index (Phi) is 7.44. The molecule has 2 aliphatic rings. The van der Waals surface area contributed by atoms with E-state index < -0.39 is 0 Å². The van der Waals surface area contributed by atoms with Crippen molar-refractivity contribution in [2.75, 3.05) is 55.0 Å². The Morgan fingerprint density at radius 2 is 1.54 bits per heavy atom. The van der Waals surface area contributed by atoms with E-state index >= 15 is 0 Å². The third kappa shape index (κ3) is 6.14. The van der Waals surface area contributed by atoms with Crippen LogP contribution < -0.4 is 29.9 Å². The lowest BCUT2D eigenvalue weighted by atomic mass is 10.1. The summed E-state index contributed by atoms with van der Waals surface area (Å²) in [6.45, 7) is 3.02. The van der Waals surface area contributed by atoms with Crippen molar-refractivity contribution in [1.29, 1.82) is 0 Å². The van der Waals surface area contributed by atoms with Gasteiger partial charge in [-0.3, -0.25) is 9.59 Å². The number of nitrogens with one attached hydrogen (secondary N) is 2. The first-order valence-corrected chi connectivity index (χ1v) is 12.7. The Morgan fingerprint density at radius 3 is 2.24 bits per heavy atom. The van der Waals surface area contributed by atoms with E-state index in [4.69, 9.17) is 9.47 Å². The van der Waals surface area contributed by atoms with Gasteiger partial charge in [0, 0.05) is 43.6 Å². The molecule has 0 bridgehead atoms. The number of methoxy groups -OCH3 is 1. The smallest absolute Gasteiger partial charge is 0.262 e. The molecule has 3 aromatic rings. The molecule has 0 unspecified atom stereocenters. The molecule has 1 saturated heterocycles. The van der Waals surface area contributed by atoms with E-state index in [9.17, 15) is 9.59 Å². The van der Waals surface area contributed by atoms with Crippen LogP contribution in [0, 0.1) is 0 Å². The van der Waals surface area contributed by atoms with Gasteiger partial charge >= 0.3 is 0 Å². The molecule has 5 rings (SSSR count). The minimum absolute atomic E-state index is 0.110. The number of para-hydroxylation sites is 3. The van der Waals surface area contributed by atoms with Gasteiger partial charge in [0.15, 0.2) is 6.61 Å². The van der Waals surface area contributed by atoms with Crippen LogP contribution in [0.1, 0.15) is 23.2 Å². The fourth-order valence-corrected chi connectivity index (χ4v) is 4.50. The molecule has 8 heteroatoms. The monoisotopic (exact) mass is 500 g/mol. The normalized spacial score (nSPS) is 15.2. The minimum atomic E-state index is -0.282. The second kappa shape index (κ2) is 11.2. The number of hydrogen-bond donors (Lipinski definition) is 2. The van der Waals surface area contributed by atoms with Crippen molar-refractivity contribution in [3.63, 3.8) is 0 Å². The third-order valence-electron chi connectivity index (χ3n) is 6.60. The molecule has 2 amide bonds. The molecular weight excluding hydrogens is 468 g/mol. The van der Waals surface area contributed by atoms with E-state index in [1.54, 1.807) is 25.3 Å². The van der Waals surface area contributed by atoms with E-state index in [2.05, 4.69) is 26.5 Å². The van der Waals surface area contributed by atoms with Crippen molar-refractivity contribution in [1.82, 2.24) is 5.32 Å². The zero-order chi connectivity index (χ0) is 25.6. The van der Waals surface area contributed by atoms with Gasteiger partial charge in [0.25, 0.3) is 11.8 Å². The molecule has 192 valence electrons. The first-order chi connectivity index (χ1) is 18.1. The lowest BCUT2D eigenvalue weighted by Gasteiger charge is -2.38. The molecule has 3 aromatic carbocycles. The Balaban J connectivity index is 1.28. The number of rotatable bonds is 9. The number of carbonyl (C=O) groups is 2. The van der Waals surface area contributed by atoms with E-state index in [1.165, 1.54) is 0 Å². The zero-order valence-electron chi connectivity index (χ0n) is 21.0. The summed E-state index contributed by atoms with van der Waals surface area (Å²) in [5.41, 5.74) is 3.09. The third-order valence-corrected chi connectivity index (χ3v) is 6.60. The molecule has 1 saturated carbocycles. The van der Waals surface area contributed by atoms with Gasteiger partial charge in [-0.2, -0.15) is 0 Å². The molecule has 1 aliphatic heterocycles. The number of nitrogens with zero attached hydrogens (tertiary/aromatic N) is 2. The van der Waals surface area contributed by atoms with Crippen molar-refractivity contribution >= 4 is 28.9 Å². The zero-order valence-corrected chi connectivity index (χ0v) is 21.0. The molecule has 0 spiro atoms. The highest BCUT2D eigenvalue weighted by Gasteiger charge is 2.28. The predicted molar refractivity (Wildman–Crippen MR) is 145 cm³/mol. The average molecular weight is 501 g/mol. The summed E-state index contributed by atoms with van der Waals surface area (Å²) in [5, 5.41) is 5.96. The molecule has 2 fully saturated rings. The summed E-state index contributed by atoms with van der Waals surface area (Å²) in [5.74, 6) is 1.10. The number of amides is 2. The second-order valence-corrected chi connectivity index (χ2v) is 9.28. The summed E-state index contributed by atoms with van der Waals surface area (Å²) in [6.07, 6.45) is 2.01. The van der Waals surface area contributed by atoms with Crippen LogP contribution in [-0.2, 0) is 4.79 Å². The summed E-state index contributed by atoms with van der Waals surface area (Å²) in [7, 11) is 1.69. The summed E-state index contributed by atoms with van der Waals surface area (Å²) >= 11 is 0. The predicted octanol–water partition coefficient (Wildman–Crippen LogP) is 3.93. The van der Waals surface area contributed by atoms with Gasteiger partial charge in [0.1, 0.15) is 11.5 Å². The second-order valence-electron chi connectivity index (χ2n) is 9.28. The number of ether oxygens (including phenoxy) is 2. The maximum atomic E-state index is 13.2. The molecule has 0 aromatic heterocycles. The fraction of sp³-hybridized carbons (Fsp3) is 0.310. The quantitative estimate of drug-likeness (QED) is 0.463. The highest BCUT2D eigenvalue weighted by atomic mass is 16.5. The van der Waals surface area contributed by atoms with Crippen LogP contribution in [0.4, 0.5) is 17.1 Å². The first-order valence-electron chi connectivity index (χ1n) is 12.7. The molecule has 0 atom stereocenters. The Hall–Kier alpha value is -4.20. The van der Waals surface area contributed by atoms with Gasteiger partial charge in [0.05, 0.1) is 18.4 Å². The molecule has 37 heavy (non-hydrogen) atoms. The van der Waals surface area contributed by atoms with Gasteiger partial charge in [0.2, 0.25) is 0 Å². The number of anilines is 3.